The summed E-state index contributed by atoms with van der Waals surface area (Å²) >= 11 is 5.43. The highest BCUT2D eigenvalue weighted by atomic mass is 32.1. The molecule has 1 amide bonds. The molecule has 3 heterocycles. The molecule has 27 heavy (non-hydrogen) atoms. The summed E-state index contributed by atoms with van der Waals surface area (Å²) in [6, 6.07) is 5.48. The number of hydrogen-bond donors (Lipinski definition) is 2. The first kappa shape index (κ1) is 18.0. The number of ether oxygens (including phenoxy) is 2. The normalized spacial score (nSPS) is 21.2. The summed E-state index contributed by atoms with van der Waals surface area (Å²) in [5.74, 6) is 1.49. The van der Waals surface area contributed by atoms with Gasteiger partial charge in [-0.3, -0.25) is 4.79 Å². The predicted molar refractivity (Wildman–Crippen MR) is 101 cm³/mol. The Kier molecular flexibility index (Phi) is 5.13. The molecule has 0 unspecified atom stereocenters. The predicted octanol–water partition coefficient (Wildman–Crippen LogP) is 1.05. The molecule has 1 aromatic carbocycles. The van der Waals surface area contributed by atoms with Gasteiger partial charge in [0.2, 0.25) is 17.5 Å². The van der Waals surface area contributed by atoms with Crippen LogP contribution >= 0.6 is 12.2 Å². The molecule has 2 aliphatic heterocycles. The van der Waals surface area contributed by atoms with Crippen molar-refractivity contribution >= 4 is 23.8 Å². The quantitative estimate of drug-likeness (QED) is 0.747. The standard InChI is InChI=1S/C18H23N5O3S/c1-2-22-10-19-23(18(22)27)11-21-7-5-13(6-8-21)17(24)20-14-3-4-15-16(9-14)26-12-25-15/h3-4,9-10,13H,2,5-8,11-12H2,1H3,(H,20,24)/p+1. The highest BCUT2D eigenvalue weighted by molar-refractivity contribution is 7.71. The van der Waals surface area contributed by atoms with Crippen LogP contribution in [0, 0.1) is 10.7 Å². The summed E-state index contributed by atoms with van der Waals surface area (Å²) in [5.41, 5.74) is 0.746. The topological polar surface area (TPSA) is 74.8 Å². The summed E-state index contributed by atoms with van der Waals surface area (Å²) < 4.78 is 15.3. The molecule has 1 aromatic heterocycles. The fraction of sp³-hybridized carbons (Fsp3) is 0.500. The van der Waals surface area contributed by atoms with Crippen molar-refractivity contribution in [2.24, 2.45) is 5.92 Å². The van der Waals surface area contributed by atoms with E-state index < -0.39 is 0 Å². The van der Waals surface area contributed by atoms with Gasteiger partial charge < -0.3 is 24.3 Å². The Labute approximate surface area is 162 Å². The van der Waals surface area contributed by atoms with E-state index >= 15 is 0 Å². The van der Waals surface area contributed by atoms with Gasteiger partial charge in [-0.15, -0.1) is 0 Å². The molecule has 8 nitrogen and oxygen atoms in total. The molecular formula is C18H24N5O3S+. The third-order valence-electron chi connectivity index (χ3n) is 5.21. The van der Waals surface area contributed by atoms with Crippen LogP contribution in [0.3, 0.4) is 0 Å². The van der Waals surface area contributed by atoms with E-state index in [2.05, 4.69) is 17.3 Å². The van der Waals surface area contributed by atoms with Crippen molar-refractivity contribution in [1.82, 2.24) is 14.3 Å². The van der Waals surface area contributed by atoms with Crippen LogP contribution in [0.1, 0.15) is 19.8 Å². The van der Waals surface area contributed by atoms with Crippen LogP contribution in [0.2, 0.25) is 0 Å². The first-order valence-corrected chi connectivity index (χ1v) is 9.71. The Balaban J connectivity index is 1.30. The molecular weight excluding hydrogens is 366 g/mol. The monoisotopic (exact) mass is 390 g/mol. The van der Waals surface area contributed by atoms with Crippen LogP contribution < -0.4 is 19.7 Å². The summed E-state index contributed by atoms with van der Waals surface area (Å²) in [4.78, 5) is 14.0. The fourth-order valence-electron chi connectivity index (χ4n) is 3.57. The van der Waals surface area contributed by atoms with Crippen molar-refractivity contribution in [3.05, 3.63) is 29.3 Å². The third kappa shape index (κ3) is 3.84. The van der Waals surface area contributed by atoms with Crippen molar-refractivity contribution in [3.8, 4) is 11.5 Å². The summed E-state index contributed by atoms with van der Waals surface area (Å²) in [5, 5.41) is 7.38. The third-order valence-corrected chi connectivity index (χ3v) is 5.66. The number of aryl methyl sites for hydroxylation is 1. The lowest BCUT2D eigenvalue weighted by Crippen LogP contribution is -3.12. The number of quaternary nitrogens is 1. The van der Waals surface area contributed by atoms with Crippen LogP contribution in [0.25, 0.3) is 0 Å². The molecule has 0 radical (unpaired) electrons. The molecule has 1 saturated heterocycles. The van der Waals surface area contributed by atoms with Crippen molar-refractivity contribution in [3.63, 3.8) is 0 Å². The van der Waals surface area contributed by atoms with Gasteiger partial charge in [-0.1, -0.05) is 0 Å². The van der Waals surface area contributed by atoms with Gasteiger partial charge in [0, 0.05) is 37.1 Å². The maximum atomic E-state index is 12.6. The number of carbonyl (C=O) groups excluding carboxylic acids is 1. The molecule has 9 heteroatoms. The van der Waals surface area contributed by atoms with E-state index in [1.807, 2.05) is 27.4 Å². The molecule has 0 aliphatic carbocycles. The Morgan fingerprint density at radius 2 is 2.11 bits per heavy atom. The lowest BCUT2D eigenvalue weighted by atomic mass is 9.96. The van der Waals surface area contributed by atoms with E-state index in [1.165, 1.54) is 4.90 Å². The van der Waals surface area contributed by atoms with Crippen molar-refractivity contribution in [2.75, 3.05) is 25.2 Å². The maximum absolute atomic E-state index is 12.6. The second-order valence-electron chi connectivity index (χ2n) is 6.94. The number of nitrogens with zero attached hydrogens (tertiary/aromatic N) is 3. The van der Waals surface area contributed by atoms with Gasteiger partial charge in [-0.2, -0.15) is 9.78 Å². The zero-order chi connectivity index (χ0) is 18.8. The molecule has 1 fully saturated rings. The smallest absolute Gasteiger partial charge is 0.231 e. The first-order valence-electron chi connectivity index (χ1n) is 9.30. The molecule has 144 valence electrons. The highest BCUT2D eigenvalue weighted by Crippen LogP contribution is 2.34. The SMILES string of the molecule is CCn1cnn(C[NH+]2CCC(C(=O)Nc3ccc4c(c3)OCO4)CC2)c1=S. The minimum atomic E-state index is 0.0281. The number of anilines is 1. The Bertz CT molecular complexity index is 885. The Morgan fingerprint density at radius 1 is 1.33 bits per heavy atom. The molecule has 2 N–H and O–H groups in total. The van der Waals surface area contributed by atoms with Gasteiger partial charge >= 0.3 is 0 Å². The number of nitrogens with one attached hydrogen (secondary N) is 2. The lowest BCUT2D eigenvalue weighted by Gasteiger charge is -2.28. The largest absolute Gasteiger partial charge is 0.454 e. The van der Waals surface area contributed by atoms with Crippen LogP contribution in [0.4, 0.5) is 5.69 Å². The first-order chi connectivity index (χ1) is 13.1. The highest BCUT2D eigenvalue weighted by Gasteiger charge is 2.28. The summed E-state index contributed by atoms with van der Waals surface area (Å²) in [6.45, 7) is 5.73. The number of piperidine rings is 1. The molecule has 0 spiro atoms. The van der Waals surface area contributed by atoms with E-state index in [-0.39, 0.29) is 18.6 Å². The number of benzene rings is 1. The van der Waals surface area contributed by atoms with Gasteiger partial charge in [-0.05, 0) is 31.3 Å². The van der Waals surface area contributed by atoms with Gasteiger partial charge in [-0.25, -0.2) is 0 Å². The van der Waals surface area contributed by atoms with Crippen LogP contribution in [-0.2, 0) is 18.0 Å². The number of carbonyl (C=O) groups is 1. The maximum Gasteiger partial charge on any atom is 0.231 e. The number of amides is 1. The van der Waals surface area contributed by atoms with Gasteiger partial charge in [0.05, 0.1) is 13.1 Å². The molecule has 2 aromatic rings. The second kappa shape index (κ2) is 7.69. The summed E-state index contributed by atoms with van der Waals surface area (Å²) in [7, 11) is 0. The fourth-order valence-corrected chi connectivity index (χ4v) is 3.86. The van der Waals surface area contributed by atoms with Gasteiger partial charge in [0.25, 0.3) is 0 Å². The minimum Gasteiger partial charge on any atom is -0.454 e. The van der Waals surface area contributed by atoms with Crippen molar-refractivity contribution in [1.29, 1.82) is 0 Å². The second-order valence-corrected chi connectivity index (χ2v) is 7.30. The number of aromatic nitrogens is 3. The van der Waals surface area contributed by atoms with Gasteiger partial charge in [0.15, 0.2) is 18.2 Å². The summed E-state index contributed by atoms with van der Waals surface area (Å²) in [6.07, 6.45) is 3.49. The molecule has 4 rings (SSSR count). The van der Waals surface area contributed by atoms with E-state index in [0.29, 0.717) is 11.5 Å². The number of fused-ring (bicyclic) bond motifs is 1. The zero-order valence-corrected chi connectivity index (χ0v) is 16.1. The van der Waals surface area contributed by atoms with Crippen molar-refractivity contribution < 1.29 is 19.2 Å². The number of likely N-dealkylation sites (tertiary alicyclic amines) is 1. The Hall–Kier alpha value is -2.39. The molecule has 0 bridgehead atoms. The average molecular weight is 390 g/mol. The molecule has 0 saturated carbocycles. The van der Waals surface area contributed by atoms with E-state index in [0.717, 1.165) is 49.6 Å². The number of rotatable bonds is 5. The lowest BCUT2D eigenvalue weighted by molar-refractivity contribution is -0.928. The average Bonchev–Trinajstić information content (AvgIpc) is 3.28. The van der Waals surface area contributed by atoms with Crippen LogP contribution in [0.5, 0.6) is 11.5 Å². The van der Waals surface area contributed by atoms with Crippen LogP contribution in [-0.4, -0.2) is 40.1 Å². The van der Waals surface area contributed by atoms with Crippen molar-refractivity contribution in [2.45, 2.75) is 33.0 Å². The van der Waals surface area contributed by atoms with Crippen LogP contribution in [0.15, 0.2) is 24.5 Å². The van der Waals surface area contributed by atoms with E-state index in [9.17, 15) is 4.79 Å². The molecule has 2 aliphatic rings. The zero-order valence-electron chi connectivity index (χ0n) is 15.3. The van der Waals surface area contributed by atoms with E-state index in [1.54, 1.807) is 6.33 Å². The Morgan fingerprint density at radius 3 is 2.85 bits per heavy atom. The van der Waals surface area contributed by atoms with E-state index in [4.69, 9.17) is 21.7 Å². The number of hydrogen-bond acceptors (Lipinski definition) is 5. The minimum absolute atomic E-state index is 0.0281. The van der Waals surface area contributed by atoms with Gasteiger partial charge in [0.1, 0.15) is 6.33 Å². The molecule has 0 atom stereocenters.